The SMILES string of the molecule is CCCCOc1nc(N)c2c(n1)N1CCCN(C(=O)c3ccc4c(c3)CN(C(=O)OC(C)(C)C)CC4)CC1C(=O)N2. The highest BCUT2D eigenvalue weighted by molar-refractivity contribution is 6.06. The Labute approximate surface area is 240 Å². The van der Waals surface area contributed by atoms with Crippen molar-refractivity contribution in [3.63, 3.8) is 0 Å². The molecule has 5 rings (SSSR count). The van der Waals surface area contributed by atoms with Crippen LogP contribution in [0.4, 0.5) is 22.1 Å². The van der Waals surface area contributed by atoms with Gasteiger partial charge in [0.25, 0.3) is 5.91 Å². The van der Waals surface area contributed by atoms with E-state index in [-0.39, 0.29) is 36.3 Å². The van der Waals surface area contributed by atoms with Gasteiger partial charge in [0, 0.05) is 31.7 Å². The van der Waals surface area contributed by atoms with Gasteiger partial charge in [-0.25, -0.2) is 4.79 Å². The van der Waals surface area contributed by atoms with Gasteiger partial charge in [-0.3, -0.25) is 9.59 Å². The molecule has 1 fully saturated rings. The molecule has 0 bridgehead atoms. The Hall–Kier alpha value is -4.09. The van der Waals surface area contributed by atoms with Crippen molar-refractivity contribution in [3.8, 4) is 6.01 Å². The zero-order chi connectivity index (χ0) is 29.3. The van der Waals surface area contributed by atoms with Crippen molar-refractivity contribution in [2.24, 2.45) is 0 Å². The molecule has 12 heteroatoms. The first kappa shape index (κ1) is 28.4. The van der Waals surface area contributed by atoms with Crippen LogP contribution in [0.1, 0.15) is 68.4 Å². The minimum Gasteiger partial charge on any atom is -0.463 e. The third-order valence-corrected chi connectivity index (χ3v) is 7.45. The van der Waals surface area contributed by atoms with E-state index in [0.717, 1.165) is 24.0 Å². The number of ether oxygens (including phenoxy) is 2. The number of hydrogen-bond acceptors (Lipinski definition) is 9. The van der Waals surface area contributed by atoms with Crippen LogP contribution in [0, 0.1) is 0 Å². The first-order chi connectivity index (χ1) is 19.5. The molecule has 0 saturated carbocycles. The van der Waals surface area contributed by atoms with E-state index in [2.05, 4.69) is 22.2 Å². The number of nitrogens with two attached hydrogens (primary N) is 1. The summed E-state index contributed by atoms with van der Waals surface area (Å²) in [5.74, 6) is 0.248. The maximum Gasteiger partial charge on any atom is 0.410 e. The molecule has 41 heavy (non-hydrogen) atoms. The van der Waals surface area contributed by atoms with Gasteiger partial charge >= 0.3 is 12.1 Å². The van der Waals surface area contributed by atoms with Crippen molar-refractivity contribution in [1.82, 2.24) is 19.8 Å². The van der Waals surface area contributed by atoms with Crippen molar-refractivity contribution < 1.29 is 23.9 Å². The fourth-order valence-corrected chi connectivity index (χ4v) is 5.36. The van der Waals surface area contributed by atoms with Crippen LogP contribution in [0.2, 0.25) is 0 Å². The highest BCUT2D eigenvalue weighted by Crippen LogP contribution is 2.37. The van der Waals surface area contributed by atoms with Crippen LogP contribution in [0.25, 0.3) is 0 Å². The summed E-state index contributed by atoms with van der Waals surface area (Å²) < 4.78 is 11.2. The zero-order valence-electron chi connectivity index (χ0n) is 24.2. The summed E-state index contributed by atoms with van der Waals surface area (Å²) in [5.41, 5.74) is 8.52. The van der Waals surface area contributed by atoms with Crippen molar-refractivity contribution in [3.05, 3.63) is 34.9 Å². The summed E-state index contributed by atoms with van der Waals surface area (Å²) in [4.78, 5) is 53.7. The Morgan fingerprint density at radius 3 is 2.68 bits per heavy atom. The van der Waals surface area contributed by atoms with E-state index in [0.29, 0.717) is 62.7 Å². The van der Waals surface area contributed by atoms with E-state index in [1.807, 2.05) is 43.9 Å². The zero-order valence-corrected chi connectivity index (χ0v) is 24.2. The lowest BCUT2D eigenvalue weighted by Crippen LogP contribution is -2.53. The Kier molecular flexibility index (Phi) is 7.92. The molecule has 0 spiro atoms. The van der Waals surface area contributed by atoms with Gasteiger partial charge in [-0.2, -0.15) is 9.97 Å². The second kappa shape index (κ2) is 11.4. The molecular weight excluding hydrogens is 526 g/mol. The van der Waals surface area contributed by atoms with Crippen molar-refractivity contribution >= 4 is 35.2 Å². The Bertz CT molecular complexity index is 1340. The monoisotopic (exact) mass is 565 g/mol. The molecule has 12 nitrogen and oxygen atoms in total. The average Bonchev–Trinajstić information content (AvgIpc) is 3.16. The van der Waals surface area contributed by atoms with E-state index < -0.39 is 11.6 Å². The lowest BCUT2D eigenvalue weighted by Gasteiger charge is -2.36. The number of fused-ring (bicyclic) bond motifs is 4. The molecule has 1 saturated heterocycles. The Morgan fingerprint density at radius 1 is 1.12 bits per heavy atom. The molecule has 0 radical (unpaired) electrons. The number of aromatic nitrogens is 2. The number of nitrogens with zero attached hydrogens (tertiary/aromatic N) is 5. The molecule has 1 aromatic carbocycles. The number of amides is 3. The highest BCUT2D eigenvalue weighted by Gasteiger charge is 2.40. The van der Waals surface area contributed by atoms with Crippen LogP contribution in [-0.4, -0.2) is 82.1 Å². The third kappa shape index (κ3) is 6.15. The third-order valence-electron chi connectivity index (χ3n) is 7.45. The maximum atomic E-state index is 13.7. The molecule has 3 aliphatic rings. The van der Waals surface area contributed by atoms with Crippen LogP contribution in [0.3, 0.4) is 0 Å². The number of hydrogen-bond donors (Lipinski definition) is 2. The molecule has 1 aromatic heterocycles. The first-order valence-electron chi connectivity index (χ1n) is 14.3. The van der Waals surface area contributed by atoms with Crippen LogP contribution in [0.5, 0.6) is 6.01 Å². The number of unbranched alkanes of at least 4 members (excludes halogenated alkanes) is 1. The quantitative estimate of drug-likeness (QED) is 0.522. The van der Waals surface area contributed by atoms with E-state index in [1.54, 1.807) is 9.80 Å². The minimum atomic E-state index is -0.632. The molecule has 3 N–H and O–H groups in total. The molecule has 220 valence electrons. The standard InChI is InChI=1S/C29H39N7O5/c1-5-6-14-40-27-32-23(30)22-24(33-27)36-12-7-11-34(17-21(36)25(37)31-22)26(38)19-9-8-18-10-13-35(16-20(18)15-19)28(39)41-29(2,3)4/h8-9,15,21H,5-7,10-14,16-17H2,1-4H3,(H,31,37)(H2,30,32,33). The normalized spacial score (nSPS) is 18.5. The molecule has 2 aromatic rings. The van der Waals surface area contributed by atoms with Gasteiger partial charge in [0.2, 0.25) is 5.91 Å². The molecule has 1 unspecified atom stereocenters. The fourth-order valence-electron chi connectivity index (χ4n) is 5.36. The summed E-state index contributed by atoms with van der Waals surface area (Å²) in [5, 5.41) is 2.85. The number of anilines is 3. The van der Waals surface area contributed by atoms with Gasteiger partial charge in [-0.1, -0.05) is 19.4 Å². The average molecular weight is 566 g/mol. The predicted molar refractivity (Wildman–Crippen MR) is 154 cm³/mol. The number of nitrogens with one attached hydrogen (secondary N) is 1. The van der Waals surface area contributed by atoms with Crippen LogP contribution in [-0.2, 0) is 22.5 Å². The molecule has 0 aliphatic carbocycles. The minimum absolute atomic E-state index is 0.153. The number of nitrogen functional groups attached to an aromatic ring is 1. The van der Waals surface area contributed by atoms with E-state index in [1.165, 1.54) is 0 Å². The van der Waals surface area contributed by atoms with Gasteiger partial charge in [-0.15, -0.1) is 0 Å². The molecule has 4 heterocycles. The van der Waals surface area contributed by atoms with Gasteiger partial charge in [0.1, 0.15) is 17.3 Å². The highest BCUT2D eigenvalue weighted by atomic mass is 16.6. The number of rotatable bonds is 5. The predicted octanol–water partition coefficient (Wildman–Crippen LogP) is 3.20. The number of benzene rings is 1. The van der Waals surface area contributed by atoms with Crippen molar-refractivity contribution in [1.29, 1.82) is 0 Å². The van der Waals surface area contributed by atoms with Gasteiger partial charge in [-0.05, 0) is 63.3 Å². The van der Waals surface area contributed by atoms with Crippen molar-refractivity contribution in [2.45, 2.75) is 71.6 Å². The number of carbonyl (C=O) groups excluding carboxylic acids is 3. The molecule has 1 atom stereocenters. The van der Waals surface area contributed by atoms with E-state index >= 15 is 0 Å². The van der Waals surface area contributed by atoms with E-state index in [9.17, 15) is 14.4 Å². The van der Waals surface area contributed by atoms with Gasteiger partial charge in [0.15, 0.2) is 11.6 Å². The largest absolute Gasteiger partial charge is 0.463 e. The topological polar surface area (TPSA) is 143 Å². The second-order valence-electron chi connectivity index (χ2n) is 11.7. The summed E-state index contributed by atoms with van der Waals surface area (Å²) in [6, 6.07) is 5.20. The lowest BCUT2D eigenvalue weighted by atomic mass is 9.97. The molecule has 3 aliphatic heterocycles. The first-order valence-corrected chi connectivity index (χ1v) is 14.3. The Morgan fingerprint density at radius 2 is 1.93 bits per heavy atom. The molecular formula is C29H39N7O5. The van der Waals surface area contributed by atoms with Crippen LogP contribution >= 0.6 is 0 Å². The molecule has 3 amide bonds. The summed E-state index contributed by atoms with van der Waals surface area (Å²) in [6.45, 7) is 10.2. The smallest absolute Gasteiger partial charge is 0.410 e. The van der Waals surface area contributed by atoms with Crippen molar-refractivity contribution in [2.75, 3.05) is 48.7 Å². The summed E-state index contributed by atoms with van der Waals surface area (Å²) in [7, 11) is 0. The van der Waals surface area contributed by atoms with Gasteiger partial charge in [0.05, 0.1) is 13.2 Å². The summed E-state index contributed by atoms with van der Waals surface area (Å²) >= 11 is 0. The maximum absolute atomic E-state index is 13.7. The van der Waals surface area contributed by atoms with Crippen LogP contribution < -0.4 is 20.7 Å². The second-order valence-corrected chi connectivity index (χ2v) is 11.7. The number of carbonyl (C=O) groups is 3. The van der Waals surface area contributed by atoms with Gasteiger partial charge < -0.3 is 35.2 Å². The summed E-state index contributed by atoms with van der Waals surface area (Å²) in [6.07, 6.45) is 2.81. The fraction of sp³-hybridized carbons (Fsp3) is 0.552. The van der Waals surface area contributed by atoms with E-state index in [4.69, 9.17) is 15.2 Å². The van der Waals surface area contributed by atoms with Crippen LogP contribution in [0.15, 0.2) is 18.2 Å². The lowest BCUT2D eigenvalue weighted by molar-refractivity contribution is -0.117. The Balaban J connectivity index is 1.33.